The molecule has 1 atom stereocenters. The molecule has 1 nitrogen and oxygen atoms in total. The molecule has 1 unspecified atom stereocenters. The average Bonchev–Trinajstić information content (AvgIpc) is 2.49. The predicted octanol–water partition coefficient (Wildman–Crippen LogP) is 5.28. The van der Waals surface area contributed by atoms with E-state index in [4.69, 9.17) is 0 Å². The molecule has 1 aromatic rings. The summed E-state index contributed by atoms with van der Waals surface area (Å²) in [6.07, 6.45) is 7.24. The van der Waals surface area contributed by atoms with Crippen molar-refractivity contribution in [3.8, 4) is 0 Å². The summed E-state index contributed by atoms with van der Waals surface area (Å²) in [6.45, 7) is 0. The van der Waals surface area contributed by atoms with Crippen molar-refractivity contribution in [1.82, 2.24) is 0 Å². The second kappa shape index (κ2) is 5.98. The molecule has 0 aliphatic heterocycles. The summed E-state index contributed by atoms with van der Waals surface area (Å²) < 4.78 is 2.15. The fourth-order valence-corrected chi connectivity index (χ4v) is 5.35. The van der Waals surface area contributed by atoms with Gasteiger partial charge in [0.25, 0.3) is 0 Å². The molecule has 0 aromatic carbocycles. The highest BCUT2D eigenvalue weighted by molar-refractivity contribution is 9.12. The van der Waals surface area contributed by atoms with Crippen LogP contribution in [0.1, 0.15) is 50.2 Å². The van der Waals surface area contributed by atoms with Crippen LogP contribution in [0.2, 0.25) is 0 Å². The van der Waals surface area contributed by atoms with Crippen LogP contribution < -0.4 is 0 Å². The van der Waals surface area contributed by atoms with Gasteiger partial charge < -0.3 is 5.11 Å². The van der Waals surface area contributed by atoms with Gasteiger partial charge in [0.2, 0.25) is 0 Å². The first-order valence-corrected chi connectivity index (χ1v) is 8.21. The number of rotatable bonds is 2. The van der Waals surface area contributed by atoms with Gasteiger partial charge >= 0.3 is 0 Å². The lowest BCUT2D eigenvalue weighted by Crippen LogP contribution is -2.11. The van der Waals surface area contributed by atoms with Gasteiger partial charge in [0.15, 0.2) is 0 Å². The fraction of sp³-hybridized carbons (Fsp3) is 0.667. The first-order chi connectivity index (χ1) is 7.68. The molecule has 1 aliphatic rings. The van der Waals surface area contributed by atoms with Crippen molar-refractivity contribution in [2.75, 3.05) is 0 Å². The Balaban J connectivity index is 2.10. The molecule has 1 fully saturated rings. The second-order valence-corrected chi connectivity index (χ2v) is 8.23. The molecule has 16 heavy (non-hydrogen) atoms. The van der Waals surface area contributed by atoms with Gasteiger partial charge in [-0.25, -0.2) is 0 Å². The van der Waals surface area contributed by atoms with Gasteiger partial charge in [-0.2, -0.15) is 0 Å². The van der Waals surface area contributed by atoms with E-state index in [1.165, 1.54) is 38.5 Å². The summed E-state index contributed by atoms with van der Waals surface area (Å²) in [4.78, 5) is 0. The van der Waals surface area contributed by atoms with Crippen molar-refractivity contribution >= 4 is 43.2 Å². The third kappa shape index (κ3) is 3.09. The van der Waals surface area contributed by atoms with Crippen LogP contribution in [0.25, 0.3) is 0 Å². The van der Waals surface area contributed by atoms with E-state index in [9.17, 15) is 5.11 Å². The highest BCUT2D eigenvalue weighted by Crippen LogP contribution is 2.41. The van der Waals surface area contributed by atoms with E-state index < -0.39 is 0 Å². The SMILES string of the molecule is OC(c1cc(Br)sc1Br)C1CCCCCC1. The molecule has 2 rings (SSSR count). The molecule has 0 radical (unpaired) electrons. The maximum Gasteiger partial charge on any atom is 0.0837 e. The number of hydrogen-bond donors (Lipinski definition) is 1. The highest BCUT2D eigenvalue weighted by atomic mass is 79.9. The van der Waals surface area contributed by atoms with Crippen molar-refractivity contribution < 1.29 is 5.11 Å². The number of hydrogen-bond acceptors (Lipinski definition) is 2. The Morgan fingerprint density at radius 1 is 1.19 bits per heavy atom. The molecule has 1 aromatic heterocycles. The third-order valence-corrected chi connectivity index (χ3v) is 5.73. The van der Waals surface area contributed by atoms with Gasteiger partial charge in [0.1, 0.15) is 0 Å². The zero-order valence-corrected chi connectivity index (χ0v) is 13.1. The Morgan fingerprint density at radius 2 is 1.81 bits per heavy atom. The van der Waals surface area contributed by atoms with E-state index in [0.717, 1.165) is 13.1 Å². The normalized spacial score (nSPS) is 20.7. The molecule has 0 amide bonds. The highest BCUT2D eigenvalue weighted by Gasteiger charge is 2.24. The van der Waals surface area contributed by atoms with Gasteiger partial charge in [-0.3, -0.25) is 0 Å². The van der Waals surface area contributed by atoms with Crippen molar-refractivity contribution in [2.24, 2.45) is 5.92 Å². The van der Waals surface area contributed by atoms with Crippen molar-refractivity contribution in [3.63, 3.8) is 0 Å². The van der Waals surface area contributed by atoms with Crippen LogP contribution >= 0.6 is 43.2 Å². The second-order valence-electron chi connectivity index (χ2n) is 4.48. The minimum Gasteiger partial charge on any atom is -0.388 e. The van der Waals surface area contributed by atoms with E-state index in [1.807, 2.05) is 6.07 Å². The van der Waals surface area contributed by atoms with Crippen LogP contribution in [-0.4, -0.2) is 5.11 Å². The fourth-order valence-electron chi connectivity index (χ4n) is 2.44. The monoisotopic (exact) mass is 366 g/mol. The molecule has 4 heteroatoms. The van der Waals surface area contributed by atoms with Gasteiger partial charge in [-0.15, -0.1) is 11.3 Å². The van der Waals surface area contributed by atoms with Crippen molar-refractivity contribution in [3.05, 3.63) is 19.2 Å². The van der Waals surface area contributed by atoms with E-state index in [-0.39, 0.29) is 6.10 Å². The lowest BCUT2D eigenvalue weighted by atomic mass is 9.91. The first-order valence-electron chi connectivity index (χ1n) is 5.81. The maximum absolute atomic E-state index is 10.4. The molecule has 1 N–H and O–H groups in total. The minimum atomic E-state index is -0.296. The summed E-state index contributed by atoms with van der Waals surface area (Å²) in [6, 6.07) is 2.05. The standard InChI is InChI=1S/C12H16Br2OS/c13-10-7-9(12(14)16-10)11(15)8-5-3-1-2-4-6-8/h7-8,11,15H,1-6H2. The summed E-state index contributed by atoms with van der Waals surface area (Å²) in [5, 5.41) is 10.4. The van der Waals surface area contributed by atoms with Gasteiger partial charge in [-0.1, -0.05) is 25.7 Å². The van der Waals surface area contributed by atoms with Gasteiger partial charge in [0, 0.05) is 5.56 Å². The molecule has 1 saturated carbocycles. The molecule has 1 heterocycles. The van der Waals surface area contributed by atoms with Crippen molar-refractivity contribution in [1.29, 1.82) is 0 Å². The Bertz CT molecular complexity index is 343. The van der Waals surface area contributed by atoms with Crippen LogP contribution in [0.5, 0.6) is 0 Å². The minimum absolute atomic E-state index is 0.296. The van der Waals surface area contributed by atoms with E-state index >= 15 is 0 Å². The Kier molecular flexibility index (Phi) is 4.89. The third-order valence-electron chi connectivity index (χ3n) is 3.35. The molecular formula is C12H16Br2OS. The summed E-state index contributed by atoms with van der Waals surface area (Å²) in [5.74, 6) is 0.445. The number of thiophene rings is 1. The van der Waals surface area contributed by atoms with Crippen LogP contribution in [0, 0.1) is 5.92 Å². The van der Waals surface area contributed by atoms with Gasteiger partial charge in [-0.05, 0) is 56.7 Å². The summed E-state index contributed by atoms with van der Waals surface area (Å²) in [5.41, 5.74) is 1.06. The van der Waals surface area contributed by atoms with Crippen LogP contribution in [0.3, 0.4) is 0 Å². The van der Waals surface area contributed by atoms with E-state index in [2.05, 4.69) is 31.9 Å². The molecular weight excluding hydrogens is 352 g/mol. The number of aliphatic hydroxyl groups excluding tert-OH is 1. The molecule has 1 aliphatic carbocycles. The first kappa shape index (κ1) is 13.1. The Hall–Kier alpha value is 0.620. The lowest BCUT2D eigenvalue weighted by molar-refractivity contribution is 0.0986. The number of halogens is 2. The zero-order chi connectivity index (χ0) is 11.5. The number of aliphatic hydroxyl groups is 1. The smallest absolute Gasteiger partial charge is 0.0837 e. The largest absolute Gasteiger partial charge is 0.388 e. The molecule has 90 valence electrons. The van der Waals surface area contributed by atoms with Crippen LogP contribution in [0.15, 0.2) is 13.6 Å². The summed E-state index contributed by atoms with van der Waals surface area (Å²) >= 11 is 8.64. The molecule has 0 saturated heterocycles. The van der Waals surface area contributed by atoms with E-state index in [1.54, 1.807) is 11.3 Å². The average molecular weight is 368 g/mol. The lowest BCUT2D eigenvalue weighted by Gasteiger charge is -2.20. The maximum atomic E-state index is 10.4. The van der Waals surface area contributed by atoms with E-state index in [0.29, 0.717) is 5.92 Å². The van der Waals surface area contributed by atoms with Crippen molar-refractivity contribution in [2.45, 2.75) is 44.6 Å². The zero-order valence-electron chi connectivity index (χ0n) is 9.09. The van der Waals surface area contributed by atoms with Crippen LogP contribution in [0.4, 0.5) is 0 Å². The summed E-state index contributed by atoms with van der Waals surface area (Å²) in [7, 11) is 0. The predicted molar refractivity (Wildman–Crippen MR) is 75.9 cm³/mol. The van der Waals surface area contributed by atoms with Gasteiger partial charge in [0.05, 0.1) is 13.7 Å². The molecule has 0 spiro atoms. The molecule has 0 bridgehead atoms. The Morgan fingerprint density at radius 3 is 2.31 bits per heavy atom. The Labute approximate surface area is 118 Å². The van der Waals surface area contributed by atoms with Crippen LogP contribution in [-0.2, 0) is 0 Å². The topological polar surface area (TPSA) is 20.2 Å². The quantitative estimate of drug-likeness (QED) is 0.705.